The Labute approximate surface area is 402 Å². The van der Waals surface area contributed by atoms with Crippen LogP contribution in [-0.4, -0.2) is 37.2 Å². The quantitative estimate of drug-likeness (QED) is 0.0199. The molecule has 374 valence electrons. The van der Waals surface area contributed by atoms with Crippen molar-refractivity contribution in [2.45, 2.75) is 271 Å². The van der Waals surface area contributed by atoms with E-state index in [0.29, 0.717) is 19.3 Å². The van der Waals surface area contributed by atoms with Crippen LogP contribution in [-0.2, 0) is 28.6 Å². The number of hydrogen-bond acceptors (Lipinski definition) is 6. The van der Waals surface area contributed by atoms with Gasteiger partial charge in [-0.05, 0) is 96.3 Å². The molecule has 0 rings (SSSR count). The molecule has 0 aliphatic heterocycles. The Bertz CT molecular complexity index is 1230. The van der Waals surface area contributed by atoms with E-state index in [0.717, 1.165) is 96.3 Å². The Morgan fingerprint density at radius 3 is 0.969 bits per heavy atom. The van der Waals surface area contributed by atoms with Gasteiger partial charge >= 0.3 is 17.9 Å². The highest BCUT2D eigenvalue weighted by atomic mass is 16.6. The minimum absolute atomic E-state index is 0.0925. The second kappa shape index (κ2) is 53.5. The molecule has 0 fully saturated rings. The lowest BCUT2D eigenvalue weighted by molar-refractivity contribution is -0.167. The SMILES string of the molecule is CCCCC\C=C/C=C\C=C/C=C\CCCCCCCC(=O)OCC(COC(=O)CCCCC/C=C\CCCCCCCCC)OC(=O)CCCCCCCCC/C=C\CCCCCC. The van der Waals surface area contributed by atoms with Crippen LogP contribution in [0, 0.1) is 0 Å². The second-order valence-electron chi connectivity index (χ2n) is 18.2. The third kappa shape index (κ3) is 51.7. The number of allylic oxidation sites excluding steroid dienone is 12. The molecular weight excluding hydrogens is 805 g/mol. The molecule has 0 N–H and O–H groups in total. The van der Waals surface area contributed by atoms with E-state index in [2.05, 4.69) is 93.7 Å². The molecule has 0 heterocycles. The van der Waals surface area contributed by atoms with Crippen LogP contribution in [0.15, 0.2) is 72.9 Å². The summed E-state index contributed by atoms with van der Waals surface area (Å²) in [5.74, 6) is -0.930. The van der Waals surface area contributed by atoms with Crippen LogP contribution in [0.3, 0.4) is 0 Å². The summed E-state index contributed by atoms with van der Waals surface area (Å²) in [6.07, 6.45) is 67.3. The number of carbonyl (C=O) groups is 3. The van der Waals surface area contributed by atoms with Gasteiger partial charge in [-0.1, -0.05) is 222 Å². The number of hydrogen-bond donors (Lipinski definition) is 0. The van der Waals surface area contributed by atoms with E-state index in [4.69, 9.17) is 14.2 Å². The van der Waals surface area contributed by atoms with Crippen molar-refractivity contribution in [1.29, 1.82) is 0 Å². The van der Waals surface area contributed by atoms with E-state index in [1.54, 1.807) is 0 Å². The summed E-state index contributed by atoms with van der Waals surface area (Å²) in [6, 6.07) is 0. The van der Waals surface area contributed by atoms with E-state index in [1.807, 2.05) is 0 Å². The Morgan fingerprint density at radius 2 is 0.569 bits per heavy atom. The lowest BCUT2D eigenvalue weighted by Crippen LogP contribution is -2.30. The first-order valence-electron chi connectivity index (χ1n) is 27.5. The lowest BCUT2D eigenvalue weighted by atomic mass is 10.1. The number of esters is 3. The third-order valence-corrected chi connectivity index (χ3v) is 11.7. The van der Waals surface area contributed by atoms with Crippen LogP contribution in [0.1, 0.15) is 265 Å². The van der Waals surface area contributed by atoms with Crippen molar-refractivity contribution in [3.63, 3.8) is 0 Å². The van der Waals surface area contributed by atoms with Gasteiger partial charge in [0.2, 0.25) is 0 Å². The second-order valence-corrected chi connectivity index (χ2v) is 18.2. The molecule has 1 unspecified atom stereocenters. The molecule has 0 aliphatic carbocycles. The number of rotatable bonds is 49. The average molecular weight is 907 g/mol. The van der Waals surface area contributed by atoms with E-state index in [1.165, 1.54) is 128 Å². The van der Waals surface area contributed by atoms with Gasteiger partial charge in [-0.15, -0.1) is 0 Å². The van der Waals surface area contributed by atoms with Crippen LogP contribution < -0.4 is 0 Å². The largest absolute Gasteiger partial charge is 0.462 e. The zero-order valence-corrected chi connectivity index (χ0v) is 42.7. The Hall–Kier alpha value is -3.15. The predicted molar refractivity (Wildman–Crippen MR) is 279 cm³/mol. The fourth-order valence-corrected chi connectivity index (χ4v) is 7.56. The third-order valence-electron chi connectivity index (χ3n) is 11.7. The van der Waals surface area contributed by atoms with Gasteiger partial charge < -0.3 is 14.2 Å². The maximum Gasteiger partial charge on any atom is 0.306 e. The zero-order valence-electron chi connectivity index (χ0n) is 42.7. The van der Waals surface area contributed by atoms with E-state index in [9.17, 15) is 14.4 Å². The summed E-state index contributed by atoms with van der Waals surface area (Å²) < 4.78 is 16.8. The predicted octanol–water partition coefficient (Wildman–Crippen LogP) is 18.2. The Morgan fingerprint density at radius 1 is 0.308 bits per heavy atom. The van der Waals surface area contributed by atoms with Crippen LogP contribution >= 0.6 is 0 Å². The number of unbranched alkanes of at least 4 members (excludes halogenated alkanes) is 29. The number of carbonyl (C=O) groups excluding carboxylic acids is 3. The molecule has 0 amide bonds. The molecule has 0 aromatic heterocycles. The van der Waals surface area contributed by atoms with Crippen molar-refractivity contribution >= 4 is 17.9 Å². The van der Waals surface area contributed by atoms with Gasteiger partial charge in [0.1, 0.15) is 13.2 Å². The molecule has 0 aromatic carbocycles. The number of ether oxygens (including phenoxy) is 3. The summed E-state index contributed by atoms with van der Waals surface area (Å²) in [7, 11) is 0. The van der Waals surface area contributed by atoms with Crippen LogP contribution in [0.2, 0.25) is 0 Å². The van der Waals surface area contributed by atoms with E-state index >= 15 is 0 Å². The molecule has 0 aliphatic rings. The van der Waals surface area contributed by atoms with Crippen molar-refractivity contribution in [2.24, 2.45) is 0 Å². The average Bonchev–Trinajstić information content (AvgIpc) is 3.30. The standard InChI is InChI=1S/C59H102O6/c1-4-7-10-13-16-19-22-25-28-29-30-32-34-37-40-43-46-49-52-58(61)64-55-56(54-63-57(60)51-48-45-42-39-36-33-27-24-21-18-15-12-9-6-3)65-59(62)53-50-47-44-41-38-35-31-26-23-20-17-14-11-8-5-2/h16,19-20,22-23,25,28-30,32-33,36,56H,4-15,17-18,21,24,26-27,31,34-35,37-55H2,1-3H3/b19-16-,23-20-,25-22-,29-28-,32-30-,36-33-. The van der Waals surface area contributed by atoms with Crippen LogP contribution in [0.5, 0.6) is 0 Å². The summed E-state index contributed by atoms with van der Waals surface area (Å²) in [4.78, 5) is 38.1. The minimum Gasteiger partial charge on any atom is -0.462 e. The van der Waals surface area contributed by atoms with Crippen molar-refractivity contribution in [3.05, 3.63) is 72.9 Å². The molecule has 6 nitrogen and oxygen atoms in total. The molecular formula is C59H102O6. The van der Waals surface area contributed by atoms with Gasteiger partial charge in [-0.25, -0.2) is 0 Å². The van der Waals surface area contributed by atoms with Crippen molar-refractivity contribution < 1.29 is 28.6 Å². The highest BCUT2D eigenvalue weighted by molar-refractivity contribution is 5.71. The van der Waals surface area contributed by atoms with E-state index in [-0.39, 0.29) is 31.1 Å². The fraction of sp³-hybridized carbons (Fsp3) is 0.746. The van der Waals surface area contributed by atoms with Gasteiger partial charge in [0.25, 0.3) is 0 Å². The minimum atomic E-state index is -0.793. The lowest BCUT2D eigenvalue weighted by Gasteiger charge is -2.18. The molecule has 65 heavy (non-hydrogen) atoms. The maximum atomic E-state index is 12.8. The maximum absolute atomic E-state index is 12.8. The summed E-state index contributed by atoms with van der Waals surface area (Å²) in [5.41, 5.74) is 0. The molecule has 0 spiro atoms. The molecule has 0 saturated heterocycles. The topological polar surface area (TPSA) is 78.9 Å². The summed E-state index contributed by atoms with van der Waals surface area (Å²) in [5, 5.41) is 0. The molecule has 0 saturated carbocycles. The first-order chi connectivity index (χ1) is 32.0. The molecule has 6 heteroatoms. The molecule has 0 radical (unpaired) electrons. The van der Waals surface area contributed by atoms with Gasteiger partial charge in [-0.3, -0.25) is 14.4 Å². The monoisotopic (exact) mass is 907 g/mol. The smallest absolute Gasteiger partial charge is 0.306 e. The van der Waals surface area contributed by atoms with Crippen molar-refractivity contribution in [2.75, 3.05) is 13.2 Å². The van der Waals surface area contributed by atoms with Gasteiger partial charge in [0.05, 0.1) is 0 Å². The van der Waals surface area contributed by atoms with Crippen molar-refractivity contribution in [3.8, 4) is 0 Å². The first-order valence-corrected chi connectivity index (χ1v) is 27.5. The zero-order chi connectivity index (χ0) is 47.2. The molecule has 0 aromatic rings. The Balaban J connectivity index is 4.45. The highest BCUT2D eigenvalue weighted by Gasteiger charge is 2.19. The van der Waals surface area contributed by atoms with Crippen molar-refractivity contribution in [1.82, 2.24) is 0 Å². The first kappa shape index (κ1) is 61.9. The normalized spacial score (nSPS) is 12.6. The van der Waals surface area contributed by atoms with Gasteiger partial charge in [0.15, 0.2) is 6.10 Å². The summed E-state index contributed by atoms with van der Waals surface area (Å²) >= 11 is 0. The van der Waals surface area contributed by atoms with Gasteiger partial charge in [0, 0.05) is 19.3 Å². The molecule has 0 bridgehead atoms. The highest BCUT2D eigenvalue weighted by Crippen LogP contribution is 2.14. The molecule has 1 atom stereocenters. The van der Waals surface area contributed by atoms with Gasteiger partial charge in [-0.2, -0.15) is 0 Å². The van der Waals surface area contributed by atoms with E-state index < -0.39 is 6.10 Å². The van der Waals surface area contributed by atoms with Crippen LogP contribution in [0.4, 0.5) is 0 Å². The Kier molecular flexibility index (Phi) is 50.9. The fourth-order valence-electron chi connectivity index (χ4n) is 7.56. The van der Waals surface area contributed by atoms with Crippen LogP contribution in [0.25, 0.3) is 0 Å². The summed E-state index contributed by atoms with van der Waals surface area (Å²) in [6.45, 7) is 6.56.